The molecule has 0 saturated carbocycles. The number of nitrogens with one attached hydrogen (secondary N) is 2. The number of carbonyl (C=O) groups is 2. The first-order valence-electron chi connectivity index (χ1n) is 8.91. The van der Waals surface area contributed by atoms with Gasteiger partial charge >= 0.3 is 6.09 Å². The minimum absolute atomic E-state index is 0.0384. The van der Waals surface area contributed by atoms with Gasteiger partial charge in [0.15, 0.2) is 0 Å². The molecule has 0 aromatic carbocycles. The average molecular weight is 415 g/mol. The van der Waals surface area contributed by atoms with E-state index < -0.39 is 5.60 Å². The van der Waals surface area contributed by atoms with Gasteiger partial charge in [0.05, 0.1) is 5.75 Å². The number of hydrogen-bond donors (Lipinski definition) is 2. The van der Waals surface area contributed by atoms with Crippen LogP contribution in [0.15, 0.2) is 17.0 Å². The Morgan fingerprint density at radius 3 is 2.59 bits per heavy atom. The standard InChI is InChI=1S/C18H27ClN4O3S/c1-18(2,3)26-17(25)21-12-5-7-23(8-6-12)15-10-13(9-14(19)22-15)27-11-16(24)20-4/h9-10,12H,5-8,11H2,1-4H3,(H,20,24)(H,21,25). The number of aromatic nitrogens is 1. The molecule has 1 aromatic rings. The summed E-state index contributed by atoms with van der Waals surface area (Å²) in [7, 11) is 1.61. The highest BCUT2D eigenvalue weighted by Crippen LogP contribution is 2.27. The summed E-state index contributed by atoms with van der Waals surface area (Å²) in [6, 6.07) is 3.79. The minimum atomic E-state index is -0.502. The fraction of sp³-hybridized carbons (Fsp3) is 0.611. The number of thioether (sulfide) groups is 1. The predicted octanol–water partition coefficient (Wildman–Crippen LogP) is 3.07. The Morgan fingerprint density at radius 2 is 2.00 bits per heavy atom. The van der Waals surface area contributed by atoms with Crippen LogP contribution < -0.4 is 15.5 Å². The van der Waals surface area contributed by atoms with E-state index in [-0.39, 0.29) is 18.0 Å². The lowest BCUT2D eigenvalue weighted by atomic mass is 10.1. The smallest absolute Gasteiger partial charge is 0.407 e. The van der Waals surface area contributed by atoms with Gasteiger partial charge in [-0.1, -0.05) is 11.6 Å². The molecule has 9 heteroatoms. The van der Waals surface area contributed by atoms with Gasteiger partial charge in [0.25, 0.3) is 0 Å². The van der Waals surface area contributed by atoms with E-state index in [0.717, 1.165) is 36.6 Å². The highest BCUT2D eigenvalue weighted by Gasteiger charge is 2.24. The summed E-state index contributed by atoms with van der Waals surface area (Å²) in [4.78, 5) is 30.8. The maximum absolute atomic E-state index is 11.9. The Bertz CT molecular complexity index is 673. The van der Waals surface area contributed by atoms with Crippen molar-refractivity contribution in [3.63, 3.8) is 0 Å². The zero-order chi connectivity index (χ0) is 20.0. The summed E-state index contributed by atoms with van der Waals surface area (Å²) in [6.45, 7) is 7.06. The minimum Gasteiger partial charge on any atom is -0.444 e. The van der Waals surface area contributed by atoms with Crippen LogP contribution in [-0.2, 0) is 9.53 Å². The summed E-state index contributed by atoms with van der Waals surface area (Å²) in [5.74, 6) is 1.08. The van der Waals surface area contributed by atoms with Crippen LogP contribution in [0.1, 0.15) is 33.6 Å². The van der Waals surface area contributed by atoms with Gasteiger partial charge in [0.1, 0.15) is 16.6 Å². The molecule has 2 N–H and O–H groups in total. The van der Waals surface area contributed by atoms with Crippen molar-refractivity contribution in [2.24, 2.45) is 0 Å². The Labute approximate surface area is 169 Å². The van der Waals surface area contributed by atoms with Crippen LogP contribution in [-0.4, -0.2) is 54.5 Å². The molecule has 7 nitrogen and oxygen atoms in total. The Hall–Kier alpha value is -1.67. The highest BCUT2D eigenvalue weighted by atomic mass is 35.5. The molecular formula is C18H27ClN4O3S. The van der Waals surface area contributed by atoms with Crippen molar-refractivity contribution in [3.8, 4) is 0 Å². The number of amides is 2. The van der Waals surface area contributed by atoms with Crippen LogP contribution >= 0.6 is 23.4 Å². The van der Waals surface area contributed by atoms with Crippen molar-refractivity contribution in [1.82, 2.24) is 15.6 Å². The number of carbonyl (C=O) groups excluding carboxylic acids is 2. The number of nitrogens with zero attached hydrogens (tertiary/aromatic N) is 2. The molecule has 0 spiro atoms. The topological polar surface area (TPSA) is 83.6 Å². The second-order valence-electron chi connectivity index (χ2n) is 7.35. The molecule has 2 rings (SSSR count). The molecule has 1 fully saturated rings. The van der Waals surface area contributed by atoms with E-state index >= 15 is 0 Å². The number of hydrogen-bond acceptors (Lipinski definition) is 6. The highest BCUT2D eigenvalue weighted by molar-refractivity contribution is 8.00. The summed E-state index contributed by atoms with van der Waals surface area (Å²) in [5.41, 5.74) is -0.502. The molecule has 1 aliphatic heterocycles. The molecule has 27 heavy (non-hydrogen) atoms. The number of pyridine rings is 1. The van der Waals surface area contributed by atoms with E-state index in [0.29, 0.717) is 10.9 Å². The van der Waals surface area contributed by atoms with Gasteiger partial charge in [-0.2, -0.15) is 0 Å². The molecule has 150 valence electrons. The molecule has 0 atom stereocenters. The number of rotatable bonds is 5. The van der Waals surface area contributed by atoms with E-state index in [4.69, 9.17) is 16.3 Å². The molecule has 0 radical (unpaired) electrons. The second kappa shape index (κ2) is 9.50. The van der Waals surface area contributed by atoms with Crippen molar-refractivity contribution >= 4 is 41.2 Å². The zero-order valence-corrected chi connectivity index (χ0v) is 17.7. The zero-order valence-electron chi connectivity index (χ0n) is 16.2. The van der Waals surface area contributed by atoms with Gasteiger partial charge in [-0.15, -0.1) is 11.8 Å². The number of ether oxygens (including phenoxy) is 1. The fourth-order valence-corrected chi connectivity index (χ4v) is 3.75. The largest absolute Gasteiger partial charge is 0.444 e. The van der Waals surface area contributed by atoms with Gasteiger partial charge in [0, 0.05) is 31.1 Å². The van der Waals surface area contributed by atoms with Gasteiger partial charge in [0.2, 0.25) is 5.91 Å². The van der Waals surface area contributed by atoms with Crippen molar-refractivity contribution in [3.05, 3.63) is 17.3 Å². The normalized spacial score (nSPS) is 15.4. The lowest BCUT2D eigenvalue weighted by molar-refractivity contribution is -0.118. The third kappa shape index (κ3) is 7.46. The van der Waals surface area contributed by atoms with E-state index in [1.54, 1.807) is 13.1 Å². The maximum atomic E-state index is 11.9. The van der Waals surface area contributed by atoms with Crippen LogP contribution in [0.25, 0.3) is 0 Å². The molecule has 2 amide bonds. The predicted molar refractivity (Wildman–Crippen MR) is 109 cm³/mol. The van der Waals surface area contributed by atoms with E-state index in [1.807, 2.05) is 26.8 Å². The van der Waals surface area contributed by atoms with Crippen LogP contribution in [0, 0.1) is 0 Å². The van der Waals surface area contributed by atoms with Crippen molar-refractivity contribution < 1.29 is 14.3 Å². The third-order valence-electron chi connectivity index (χ3n) is 3.94. The lowest BCUT2D eigenvalue weighted by Gasteiger charge is -2.33. The Kier molecular flexibility index (Phi) is 7.61. The van der Waals surface area contributed by atoms with Gasteiger partial charge in [-0.25, -0.2) is 9.78 Å². The van der Waals surface area contributed by atoms with Gasteiger partial charge < -0.3 is 20.3 Å². The van der Waals surface area contributed by atoms with E-state index in [2.05, 4.69) is 20.5 Å². The average Bonchev–Trinajstić information content (AvgIpc) is 2.58. The number of piperidine rings is 1. The van der Waals surface area contributed by atoms with Gasteiger partial charge in [-0.05, 0) is 45.7 Å². The van der Waals surface area contributed by atoms with Crippen molar-refractivity contribution in [2.45, 2.75) is 50.2 Å². The molecule has 1 aromatic heterocycles. The fourth-order valence-electron chi connectivity index (χ4n) is 2.65. The monoisotopic (exact) mass is 414 g/mol. The Balaban J connectivity index is 1.90. The summed E-state index contributed by atoms with van der Waals surface area (Å²) in [5, 5.41) is 5.93. The van der Waals surface area contributed by atoms with Crippen LogP contribution in [0.5, 0.6) is 0 Å². The SMILES string of the molecule is CNC(=O)CSc1cc(Cl)nc(N2CCC(NC(=O)OC(C)(C)C)CC2)c1. The first-order valence-corrected chi connectivity index (χ1v) is 10.3. The molecular weight excluding hydrogens is 388 g/mol. The van der Waals surface area contributed by atoms with Crippen LogP contribution in [0.4, 0.5) is 10.6 Å². The van der Waals surface area contributed by atoms with E-state index in [1.165, 1.54) is 11.8 Å². The number of halogens is 1. The molecule has 0 unspecified atom stereocenters. The van der Waals surface area contributed by atoms with Crippen molar-refractivity contribution in [1.29, 1.82) is 0 Å². The second-order valence-corrected chi connectivity index (χ2v) is 8.79. The molecule has 0 aliphatic carbocycles. The number of anilines is 1. The summed E-state index contributed by atoms with van der Waals surface area (Å²) in [6.07, 6.45) is 1.22. The first-order chi connectivity index (χ1) is 12.7. The summed E-state index contributed by atoms with van der Waals surface area (Å²) < 4.78 is 5.31. The molecule has 1 saturated heterocycles. The lowest BCUT2D eigenvalue weighted by Crippen LogP contribution is -2.46. The van der Waals surface area contributed by atoms with Crippen molar-refractivity contribution in [2.75, 3.05) is 30.8 Å². The quantitative estimate of drug-likeness (QED) is 0.569. The summed E-state index contributed by atoms with van der Waals surface area (Å²) >= 11 is 7.58. The molecule has 2 heterocycles. The maximum Gasteiger partial charge on any atom is 0.407 e. The Morgan fingerprint density at radius 1 is 1.33 bits per heavy atom. The van der Waals surface area contributed by atoms with Crippen LogP contribution in [0.3, 0.4) is 0 Å². The van der Waals surface area contributed by atoms with Crippen LogP contribution in [0.2, 0.25) is 5.15 Å². The third-order valence-corrected chi connectivity index (χ3v) is 5.11. The molecule has 0 bridgehead atoms. The van der Waals surface area contributed by atoms with Gasteiger partial charge in [-0.3, -0.25) is 4.79 Å². The van der Waals surface area contributed by atoms with E-state index in [9.17, 15) is 9.59 Å². The number of alkyl carbamates (subject to hydrolysis) is 1. The first kappa shape index (κ1) is 21.6. The molecule has 1 aliphatic rings.